The van der Waals surface area contributed by atoms with Gasteiger partial charge < -0.3 is 4.57 Å². The summed E-state index contributed by atoms with van der Waals surface area (Å²) in [6, 6.07) is 79.0. The van der Waals surface area contributed by atoms with Crippen LogP contribution < -0.4 is 0 Å². The monoisotopic (exact) mass is 856 g/mol. The van der Waals surface area contributed by atoms with Crippen LogP contribution in [0.15, 0.2) is 218 Å². The van der Waals surface area contributed by atoms with Crippen molar-refractivity contribution in [3.05, 3.63) is 218 Å². The van der Waals surface area contributed by atoms with E-state index in [1.165, 1.54) is 68.8 Å². The van der Waals surface area contributed by atoms with Crippen molar-refractivity contribution in [3.63, 3.8) is 0 Å². The Hall–Kier alpha value is -8.51. The van der Waals surface area contributed by atoms with Crippen LogP contribution in [0.4, 0.5) is 0 Å². The number of fused-ring (bicyclic) bond motifs is 11. The number of nitrogens with zero attached hydrogens (tertiary/aromatic N) is 4. The lowest BCUT2D eigenvalue weighted by Crippen LogP contribution is -2.02. The maximum absolute atomic E-state index is 5.32. The molecule has 0 aliphatic carbocycles. The number of hydrogen-bond donors (Lipinski definition) is 0. The Morgan fingerprint density at radius 3 is 1.47 bits per heavy atom. The fourth-order valence-corrected chi connectivity index (χ4v) is 11.3. The quantitative estimate of drug-likeness (QED) is 0.173. The first kappa shape index (κ1) is 36.9. The van der Waals surface area contributed by atoms with Gasteiger partial charge in [-0.2, -0.15) is 0 Å². The van der Waals surface area contributed by atoms with Gasteiger partial charge in [-0.25, -0.2) is 15.0 Å². The lowest BCUT2D eigenvalue weighted by atomic mass is 9.98. The summed E-state index contributed by atoms with van der Waals surface area (Å²) in [5, 5.41) is 14.5. The molecule has 5 heteroatoms. The minimum absolute atomic E-state index is 0.616. The predicted molar refractivity (Wildman–Crippen MR) is 279 cm³/mol. The van der Waals surface area contributed by atoms with E-state index in [0.29, 0.717) is 17.5 Å². The highest BCUT2D eigenvalue weighted by atomic mass is 32.1. The molecule has 3 aromatic heterocycles. The third kappa shape index (κ3) is 5.87. The van der Waals surface area contributed by atoms with Crippen LogP contribution in [0, 0.1) is 0 Å². The molecule has 0 unspecified atom stereocenters. The molecule has 0 aliphatic heterocycles. The molecule has 66 heavy (non-hydrogen) atoms. The molecular formula is C61H36N4S. The van der Waals surface area contributed by atoms with Crippen LogP contribution in [0.5, 0.6) is 0 Å². The van der Waals surface area contributed by atoms with E-state index in [1.54, 1.807) is 0 Å². The zero-order chi connectivity index (χ0) is 43.3. The Bertz CT molecular complexity index is 4210. The number of benzene rings is 11. The standard InChI is InChI=1S/C61H36N4S/c1-3-14-40-31-45(23-21-37(40)11-1)59-62-60(46-24-22-38-12-2-4-15-41(38)32-46)64-61(63-59)47-27-30-54(52(34-47)44-26-28-50-49-19-9-10-20-56(49)66-57(50)36-44)65-55-35-43-17-6-5-16-42(43)33-53(55)51-29-25-39-13-7-8-18-48(39)58(51)65/h1-36H. The van der Waals surface area contributed by atoms with E-state index in [9.17, 15) is 0 Å². The van der Waals surface area contributed by atoms with Crippen molar-refractivity contribution in [3.8, 4) is 51.0 Å². The van der Waals surface area contributed by atoms with E-state index in [-0.39, 0.29) is 0 Å². The van der Waals surface area contributed by atoms with Crippen LogP contribution in [0.3, 0.4) is 0 Å². The van der Waals surface area contributed by atoms with E-state index in [4.69, 9.17) is 15.0 Å². The molecular weight excluding hydrogens is 821 g/mol. The summed E-state index contributed by atoms with van der Waals surface area (Å²) in [6.45, 7) is 0. The molecule has 0 radical (unpaired) electrons. The first-order valence-electron chi connectivity index (χ1n) is 22.3. The van der Waals surface area contributed by atoms with Crippen molar-refractivity contribution >= 4 is 96.4 Å². The van der Waals surface area contributed by atoms with Crippen molar-refractivity contribution < 1.29 is 0 Å². The van der Waals surface area contributed by atoms with Gasteiger partial charge in [0.1, 0.15) is 0 Å². The molecule has 306 valence electrons. The molecule has 0 atom stereocenters. The summed E-state index contributed by atoms with van der Waals surface area (Å²) in [7, 11) is 0. The van der Waals surface area contributed by atoms with Crippen LogP contribution in [-0.4, -0.2) is 19.5 Å². The van der Waals surface area contributed by atoms with Gasteiger partial charge in [0.2, 0.25) is 0 Å². The first-order chi connectivity index (χ1) is 32.7. The van der Waals surface area contributed by atoms with Crippen molar-refractivity contribution in [1.82, 2.24) is 19.5 Å². The maximum atomic E-state index is 5.32. The highest BCUT2D eigenvalue weighted by Gasteiger charge is 2.22. The molecule has 4 nitrogen and oxygen atoms in total. The lowest BCUT2D eigenvalue weighted by molar-refractivity contribution is 1.07. The first-order valence-corrected chi connectivity index (χ1v) is 23.1. The Morgan fingerprint density at radius 2 is 0.788 bits per heavy atom. The van der Waals surface area contributed by atoms with Gasteiger partial charge in [-0.05, 0) is 97.9 Å². The van der Waals surface area contributed by atoms with Crippen LogP contribution in [0.25, 0.3) is 136 Å². The third-order valence-electron chi connectivity index (χ3n) is 13.4. The average molecular weight is 857 g/mol. The van der Waals surface area contributed by atoms with Gasteiger partial charge in [-0.15, -0.1) is 11.3 Å². The highest BCUT2D eigenvalue weighted by molar-refractivity contribution is 7.25. The van der Waals surface area contributed by atoms with Crippen molar-refractivity contribution in [2.24, 2.45) is 0 Å². The van der Waals surface area contributed by atoms with Crippen LogP contribution in [-0.2, 0) is 0 Å². The van der Waals surface area contributed by atoms with Gasteiger partial charge in [0.15, 0.2) is 17.5 Å². The Morgan fingerprint density at radius 1 is 0.303 bits per heavy atom. The summed E-state index contributed by atoms with van der Waals surface area (Å²) in [6.07, 6.45) is 0. The van der Waals surface area contributed by atoms with Gasteiger partial charge in [0, 0.05) is 58.6 Å². The number of hydrogen-bond acceptors (Lipinski definition) is 4. The maximum Gasteiger partial charge on any atom is 0.164 e. The van der Waals surface area contributed by atoms with Crippen molar-refractivity contribution in [2.75, 3.05) is 0 Å². The summed E-state index contributed by atoms with van der Waals surface area (Å²) in [4.78, 5) is 15.8. The molecule has 0 spiro atoms. The smallest absolute Gasteiger partial charge is 0.164 e. The second kappa shape index (κ2) is 14.5. The summed E-state index contributed by atoms with van der Waals surface area (Å²) in [5.74, 6) is 1.88. The Kier molecular flexibility index (Phi) is 8.12. The zero-order valence-electron chi connectivity index (χ0n) is 35.5. The molecule has 0 amide bonds. The van der Waals surface area contributed by atoms with E-state index in [0.717, 1.165) is 49.8 Å². The summed E-state index contributed by atoms with van der Waals surface area (Å²) in [5.41, 5.74) is 8.44. The largest absolute Gasteiger partial charge is 0.308 e. The molecule has 14 rings (SSSR count). The molecule has 0 bridgehead atoms. The Labute approximate surface area is 383 Å². The number of aromatic nitrogens is 4. The number of thiophene rings is 1. The van der Waals surface area contributed by atoms with Crippen molar-refractivity contribution in [1.29, 1.82) is 0 Å². The topological polar surface area (TPSA) is 43.6 Å². The second-order valence-corrected chi connectivity index (χ2v) is 18.3. The van der Waals surface area contributed by atoms with E-state index >= 15 is 0 Å². The van der Waals surface area contributed by atoms with Gasteiger partial charge in [0.05, 0.1) is 16.7 Å². The fourth-order valence-electron chi connectivity index (χ4n) is 10.1. The van der Waals surface area contributed by atoms with Gasteiger partial charge >= 0.3 is 0 Å². The molecule has 0 fully saturated rings. The minimum Gasteiger partial charge on any atom is -0.308 e. The van der Waals surface area contributed by atoms with Crippen molar-refractivity contribution in [2.45, 2.75) is 0 Å². The molecule has 0 saturated heterocycles. The van der Waals surface area contributed by atoms with E-state index < -0.39 is 0 Å². The van der Waals surface area contributed by atoms with E-state index in [1.807, 2.05) is 11.3 Å². The second-order valence-electron chi connectivity index (χ2n) is 17.2. The molecule has 14 aromatic rings. The molecule has 11 aromatic carbocycles. The molecule has 0 aliphatic rings. The summed E-state index contributed by atoms with van der Waals surface area (Å²) >= 11 is 1.84. The molecule has 3 heterocycles. The van der Waals surface area contributed by atoms with Crippen LogP contribution in [0.2, 0.25) is 0 Å². The lowest BCUT2D eigenvalue weighted by Gasteiger charge is -2.17. The normalized spacial score (nSPS) is 11.9. The molecule has 0 N–H and O–H groups in total. The highest BCUT2D eigenvalue weighted by Crippen LogP contribution is 2.44. The van der Waals surface area contributed by atoms with Gasteiger partial charge in [-0.3, -0.25) is 0 Å². The van der Waals surface area contributed by atoms with Crippen LogP contribution >= 0.6 is 11.3 Å². The van der Waals surface area contributed by atoms with Gasteiger partial charge in [0.25, 0.3) is 0 Å². The third-order valence-corrected chi connectivity index (χ3v) is 14.5. The minimum atomic E-state index is 0.616. The predicted octanol–water partition coefficient (Wildman–Crippen LogP) is 16.6. The number of rotatable bonds is 5. The average Bonchev–Trinajstić information content (AvgIpc) is 3.92. The van der Waals surface area contributed by atoms with E-state index in [2.05, 4.69) is 223 Å². The fraction of sp³-hybridized carbons (Fsp3) is 0. The SMILES string of the molecule is c1ccc2cc(-c3nc(-c4ccc(-n5c6cc7ccccc7cc6c6ccc7ccccc7c65)c(-c5ccc6c(c5)sc5ccccc56)c4)nc(-c4ccc5ccccc5c4)n3)ccc2c1. The zero-order valence-corrected chi connectivity index (χ0v) is 36.3. The summed E-state index contributed by atoms with van der Waals surface area (Å²) < 4.78 is 5.04. The molecule has 0 saturated carbocycles. The van der Waals surface area contributed by atoms with Crippen LogP contribution in [0.1, 0.15) is 0 Å². The van der Waals surface area contributed by atoms with Gasteiger partial charge in [-0.1, -0.05) is 164 Å². The Balaban J connectivity index is 1.06.